The summed E-state index contributed by atoms with van der Waals surface area (Å²) < 4.78 is 0.830. The van der Waals surface area contributed by atoms with Crippen LogP contribution in [0.25, 0.3) is 0 Å². The molecule has 1 saturated heterocycles. The summed E-state index contributed by atoms with van der Waals surface area (Å²) in [6, 6.07) is 4.99. The molecule has 1 aromatic rings. The maximum absolute atomic E-state index is 12.0. The topological polar surface area (TPSA) is 61.4 Å². The molecule has 0 aliphatic carbocycles. The van der Waals surface area contributed by atoms with Gasteiger partial charge in [0.25, 0.3) is 0 Å². The first-order chi connectivity index (χ1) is 8.16. The minimum absolute atomic E-state index is 0. The van der Waals surface area contributed by atoms with E-state index in [2.05, 4.69) is 26.6 Å². The number of piperidine rings is 1. The number of phenols is 1. The Labute approximate surface area is 121 Å². The maximum atomic E-state index is 12.0. The zero-order valence-corrected chi connectivity index (χ0v) is 12.2. The highest BCUT2D eigenvalue weighted by molar-refractivity contribution is 9.10. The first kappa shape index (κ1) is 15.3. The van der Waals surface area contributed by atoms with Crippen LogP contribution in [-0.4, -0.2) is 24.1 Å². The molecule has 0 atom stereocenters. The highest BCUT2D eigenvalue weighted by Crippen LogP contribution is 2.27. The minimum Gasteiger partial charge on any atom is -0.506 e. The average molecular weight is 336 g/mol. The predicted octanol–water partition coefficient (Wildman–Crippen LogP) is 2.51. The third kappa shape index (κ3) is 3.86. The van der Waals surface area contributed by atoms with Gasteiger partial charge in [0.2, 0.25) is 5.91 Å². The van der Waals surface area contributed by atoms with Gasteiger partial charge in [0.15, 0.2) is 0 Å². The lowest BCUT2D eigenvalue weighted by atomic mass is 9.97. The number of nitrogens with one attached hydrogen (secondary N) is 2. The van der Waals surface area contributed by atoms with E-state index in [0.717, 1.165) is 30.4 Å². The van der Waals surface area contributed by atoms with E-state index in [1.807, 2.05) is 0 Å². The van der Waals surface area contributed by atoms with Crippen LogP contribution in [0.2, 0.25) is 0 Å². The molecule has 0 saturated carbocycles. The van der Waals surface area contributed by atoms with Gasteiger partial charge in [-0.25, -0.2) is 0 Å². The van der Waals surface area contributed by atoms with E-state index in [0.29, 0.717) is 5.69 Å². The first-order valence-electron chi connectivity index (χ1n) is 5.67. The molecular weight excluding hydrogens is 320 g/mol. The molecule has 0 spiro atoms. The molecule has 1 heterocycles. The zero-order chi connectivity index (χ0) is 12.3. The second kappa shape index (κ2) is 6.97. The predicted molar refractivity (Wildman–Crippen MR) is 77.3 cm³/mol. The van der Waals surface area contributed by atoms with E-state index >= 15 is 0 Å². The normalized spacial score (nSPS) is 15.8. The van der Waals surface area contributed by atoms with Crippen LogP contribution in [0.4, 0.5) is 5.69 Å². The third-order valence-electron chi connectivity index (χ3n) is 2.93. The van der Waals surface area contributed by atoms with E-state index < -0.39 is 0 Å². The Morgan fingerprint density at radius 1 is 1.39 bits per heavy atom. The molecule has 1 aromatic carbocycles. The molecular formula is C12H16BrClN2O2. The van der Waals surface area contributed by atoms with E-state index in [-0.39, 0.29) is 30.0 Å². The second-order valence-corrected chi connectivity index (χ2v) is 5.09. The standard InChI is InChI=1S/C12H15BrN2O2.ClH/c13-9-1-2-11(16)10(7-9)15-12(17)8-3-5-14-6-4-8;/h1-2,7-8,14,16H,3-6H2,(H,15,17);1H. The lowest BCUT2D eigenvalue weighted by Crippen LogP contribution is -2.34. The summed E-state index contributed by atoms with van der Waals surface area (Å²) in [5, 5.41) is 15.6. The fourth-order valence-corrected chi connectivity index (χ4v) is 2.29. The van der Waals surface area contributed by atoms with Gasteiger partial charge in [0.05, 0.1) is 5.69 Å². The Kier molecular flexibility index (Phi) is 5.91. The number of aromatic hydroxyl groups is 1. The summed E-state index contributed by atoms with van der Waals surface area (Å²) >= 11 is 3.31. The Hall–Kier alpha value is -0.780. The van der Waals surface area contributed by atoms with Gasteiger partial charge in [-0.1, -0.05) is 15.9 Å². The largest absolute Gasteiger partial charge is 0.506 e. The first-order valence-corrected chi connectivity index (χ1v) is 6.46. The quantitative estimate of drug-likeness (QED) is 0.728. The third-order valence-corrected chi connectivity index (χ3v) is 3.42. The molecule has 1 aliphatic heterocycles. The Morgan fingerprint density at radius 2 is 2.06 bits per heavy atom. The van der Waals surface area contributed by atoms with Gasteiger partial charge in [-0.15, -0.1) is 12.4 Å². The van der Waals surface area contributed by atoms with Crippen molar-refractivity contribution in [3.05, 3.63) is 22.7 Å². The number of halogens is 2. The van der Waals surface area contributed by atoms with Crippen LogP contribution >= 0.6 is 28.3 Å². The van der Waals surface area contributed by atoms with Gasteiger partial charge in [-0.2, -0.15) is 0 Å². The van der Waals surface area contributed by atoms with Crippen LogP contribution in [0, 0.1) is 5.92 Å². The molecule has 1 amide bonds. The fraction of sp³-hybridized carbons (Fsp3) is 0.417. The monoisotopic (exact) mass is 334 g/mol. The minimum atomic E-state index is -0.0140. The molecule has 0 unspecified atom stereocenters. The molecule has 0 aromatic heterocycles. The number of carbonyl (C=O) groups is 1. The fourth-order valence-electron chi connectivity index (χ4n) is 1.93. The number of anilines is 1. The lowest BCUT2D eigenvalue weighted by molar-refractivity contribution is -0.120. The number of carbonyl (C=O) groups excluding carboxylic acids is 1. The molecule has 4 nitrogen and oxygen atoms in total. The van der Waals surface area contributed by atoms with Crippen LogP contribution < -0.4 is 10.6 Å². The van der Waals surface area contributed by atoms with Crippen molar-refractivity contribution in [2.45, 2.75) is 12.8 Å². The number of hydrogen-bond donors (Lipinski definition) is 3. The summed E-state index contributed by atoms with van der Waals surface area (Å²) in [6.45, 7) is 1.76. The highest BCUT2D eigenvalue weighted by atomic mass is 79.9. The van der Waals surface area contributed by atoms with Gasteiger partial charge in [-0.3, -0.25) is 4.79 Å². The van der Waals surface area contributed by atoms with Gasteiger partial charge >= 0.3 is 0 Å². The summed E-state index contributed by atoms with van der Waals surface area (Å²) in [6.07, 6.45) is 1.70. The molecule has 2 rings (SSSR count). The number of amides is 1. The smallest absolute Gasteiger partial charge is 0.227 e. The van der Waals surface area contributed by atoms with Crippen LogP contribution in [-0.2, 0) is 4.79 Å². The van der Waals surface area contributed by atoms with E-state index in [4.69, 9.17) is 0 Å². The molecule has 1 aliphatic rings. The molecule has 18 heavy (non-hydrogen) atoms. The van der Waals surface area contributed by atoms with Crippen molar-refractivity contribution in [1.82, 2.24) is 5.32 Å². The molecule has 0 bridgehead atoms. The number of rotatable bonds is 2. The number of hydrogen-bond acceptors (Lipinski definition) is 3. The van der Waals surface area contributed by atoms with Crippen LogP contribution in [0.15, 0.2) is 22.7 Å². The SMILES string of the molecule is Cl.O=C(Nc1cc(Br)ccc1O)C1CCNCC1. The van der Waals surface area contributed by atoms with E-state index in [1.54, 1.807) is 18.2 Å². The van der Waals surface area contributed by atoms with Crippen molar-refractivity contribution in [2.75, 3.05) is 18.4 Å². The number of benzene rings is 1. The van der Waals surface area contributed by atoms with Crippen molar-refractivity contribution >= 4 is 39.9 Å². The molecule has 3 N–H and O–H groups in total. The van der Waals surface area contributed by atoms with Crippen LogP contribution in [0.3, 0.4) is 0 Å². The van der Waals surface area contributed by atoms with Gasteiger partial charge in [0, 0.05) is 10.4 Å². The van der Waals surface area contributed by atoms with Crippen molar-refractivity contribution in [2.24, 2.45) is 5.92 Å². The molecule has 100 valence electrons. The van der Waals surface area contributed by atoms with Crippen molar-refractivity contribution in [3.8, 4) is 5.75 Å². The highest BCUT2D eigenvalue weighted by Gasteiger charge is 2.21. The summed E-state index contributed by atoms with van der Waals surface area (Å²) in [5.41, 5.74) is 0.461. The summed E-state index contributed by atoms with van der Waals surface area (Å²) in [4.78, 5) is 12.0. The maximum Gasteiger partial charge on any atom is 0.227 e. The Morgan fingerprint density at radius 3 is 2.72 bits per heavy atom. The van der Waals surface area contributed by atoms with Crippen molar-refractivity contribution in [1.29, 1.82) is 0 Å². The van der Waals surface area contributed by atoms with Crippen LogP contribution in [0.1, 0.15) is 12.8 Å². The van der Waals surface area contributed by atoms with Crippen molar-refractivity contribution < 1.29 is 9.90 Å². The second-order valence-electron chi connectivity index (χ2n) is 4.17. The average Bonchev–Trinajstić information content (AvgIpc) is 2.35. The van der Waals surface area contributed by atoms with E-state index in [9.17, 15) is 9.90 Å². The van der Waals surface area contributed by atoms with Gasteiger partial charge in [0.1, 0.15) is 5.75 Å². The lowest BCUT2D eigenvalue weighted by Gasteiger charge is -2.22. The molecule has 1 fully saturated rings. The molecule has 0 radical (unpaired) electrons. The summed E-state index contributed by atoms with van der Waals surface area (Å²) in [5.74, 6) is 0.116. The van der Waals surface area contributed by atoms with Crippen molar-refractivity contribution in [3.63, 3.8) is 0 Å². The number of phenolic OH excluding ortho intramolecular Hbond substituents is 1. The van der Waals surface area contributed by atoms with E-state index in [1.165, 1.54) is 0 Å². The van der Waals surface area contributed by atoms with Gasteiger partial charge in [-0.05, 0) is 44.1 Å². The Balaban J connectivity index is 0.00000162. The molecule has 6 heteroatoms. The summed E-state index contributed by atoms with van der Waals surface area (Å²) in [7, 11) is 0. The van der Waals surface area contributed by atoms with Gasteiger partial charge < -0.3 is 15.7 Å². The van der Waals surface area contributed by atoms with Crippen LogP contribution in [0.5, 0.6) is 5.75 Å². The zero-order valence-electron chi connectivity index (χ0n) is 9.78. The Bertz CT molecular complexity index is 423.